The van der Waals surface area contributed by atoms with Crippen LogP contribution in [-0.2, 0) is 6.42 Å². The van der Waals surface area contributed by atoms with Gasteiger partial charge in [0.15, 0.2) is 5.43 Å². The van der Waals surface area contributed by atoms with Crippen LogP contribution in [0.3, 0.4) is 0 Å². The van der Waals surface area contributed by atoms with Crippen molar-refractivity contribution in [1.82, 2.24) is 4.90 Å². The number of methoxy groups -OCH3 is 1. The van der Waals surface area contributed by atoms with E-state index >= 15 is 0 Å². The van der Waals surface area contributed by atoms with Gasteiger partial charge in [0, 0.05) is 11.6 Å². The number of benzene rings is 3. The largest absolute Gasteiger partial charge is 0.497 e. The van der Waals surface area contributed by atoms with Crippen molar-refractivity contribution >= 4 is 28.5 Å². The third-order valence-corrected chi connectivity index (χ3v) is 6.94. The van der Waals surface area contributed by atoms with Crippen LogP contribution in [0, 0.1) is 6.92 Å². The van der Waals surface area contributed by atoms with E-state index in [0.29, 0.717) is 46.9 Å². The van der Waals surface area contributed by atoms with Crippen molar-refractivity contribution in [2.75, 3.05) is 20.3 Å². The zero-order valence-corrected chi connectivity index (χ0v) is 21.1. The zero-order chi connectivity index (χ0) is 25.4. The number of hydrogen-bond donors (Lipinski definition) is 0. The number of carbonyl (C=O) groups is 1. The molecule has 4 aromatic rings. The number of aryl methyl sites for hydroxylation is 1. The van der Waals surface area contributed by atoms with Crippen molar-refractivity contribution < 1.29 is 18.7 Å². The molecule has 0 N–H and O–H groups in total. The Kier molecular flexibility index (Phi) is 6.46. The van der Waals surface area contributed by atoms with Gasteiger partial charge < -0.3 is 18.8 Å². The van der Waals surface area contributed by atoms with Crippen LogP contribution in [0.25, 0.3) is 11.0 Å². The molecule has 0 spiro atoms. The van der Waals surface area contributed by atoms with Crippen molar-refractivity contribution in [3.63, 3.8) is 0 Å². The number of fused-ring (bicyclic) bond motifs is 2. The van der Waals surface area contributed by atoms with Gasteiger partial charge in [-0.15, -0.1) is 0 Å². The number of ether oxygens (including phenoxy) is 2. The first kappa shape index (κ1) is 23.9. The fourth-order valence-electron chi connectivity index (χ4n) is 4.70. The maximum absolute atomic E-state index is 13.8. The lowest BCUT2D eigenvalue weighted by Crippen LogP contribution is -2.31. The monoisotopic (exact) mass is 503 g/mol. The molecule has 0 fully saturated rings. The minimum Gasteiger partial charge on any atom is -0.497 e. The Morgan fingerprint density at radius 2 is 1.81 bits per heavy atom. The van der Waals surface area contributed by atoms with Crippen LogP contribution in [0.5, 0.6) is 11.5 Å². The molecule has 0 saturated heterocycles. The van der Waals surface area contributed by atoms with Gasteiger partial charge in [0.05, 0.1) is 30.7 Å². The molecule has 2 heterocycles. The fourth-order valence-corrected chi connectivity index (χ4v) is 4.86. The summed E-state index contributed by atoms with van der Waals surface area (Å²) < 4.78 is 17.0. The second-order valence-corrected chi connectivity index (χ2v) is 9.18. The normalized spacial score (nSPS) is 14.8. The minimum absolute atomic E-state index is 0.0794. The molecule has 0 saturated carbocycles. The second-order valence-electron chi connectivity index (χ2n) is 8.78. The summed E-state index contributed by atoms with van der Waals surface area (Å²) in [6.45, 7) is 4.65. The Hall–Kier alpha value is -3.77. The van der Waals surface area contributed by atoms with E-state index in [9.17, 15) is 9.59 Å². The number of hydrogen-bond acceptors (Lipinski definition) is 5. The van der Waals surface area contributed by atoms with Gasteiger partial charge in [0.25, 0.3) is 5.91 Å². The Bertz CT molecular complexity index is 1510. The Balaban J connectivity index is 1.62. The SMILES string of the molecule is CCOc1cccc([C@@H]2c3c(oc4cc(C)c(Cl)cc4c3=O)C(=O)N2CCc2ccc(OC)cc2)c1. The summed E-state index contributed by atoms with van der Waals surface area (Å²) in [7, 11) is 1.62. The van der Waals surface area contributed by atoms with Gasteiger partial charge in [-0.05, 0) is 73.4 Å². The highest BCUT2D eigenvalue weighted by Crippen LogP contribution is 2.39. The molecule has 1 aliphatic heterocycles. The van der Waals surface area contributed by atoms with E-state index in [1.165, 1.54) is 0 Å². The molecule has 0 bridgehead atoms. The molecule has 5 rings (SSSR count). The minimum atomic E-state index is -0.605. The standard InChI is InChI=1S/C29H26ClNO5/c1-4-35-21-7-5-6-19(15-21)26-25-27(32)22-16-23(30)17(2)14-24(22)36-28(25)29(33)31(26)13-12-18-8-10-20(34-3)11-9-18/h5-11,14-16,26H,4,12-13H2,1-3H3/t26-/m1/s1. The lowest BCUT2D eigenvalue weighted by Gasteiger charge is -2.25. The van der Waals surface area contributed by atoms with Crippen molar-refractivity contribution in [2.24, 2.45) is 0 Å². The van der Waals surface area contributed by atoms with Crippen LogP contribution in [0.1, 0.15) is 45.8 Å². The lowest BCUT2D eigenvalue weighted by atomic mass is 9.97. The molecule has 0 unspecified atom stereocenters. The summed E-state index contributed by atoms with van der Waals surface area (Å²) in [5, 5.41) is 0.838. The Labute approximate surface area is 214 Å². The topological polar surface area (TPSA) is 69.0 Å². The van der Waals surface area contributed by atoms with E-state index in [1.807, 2.05) is 62.4 Å². The van der Waals surface area contributed by atoms with Gasteiger partial charge in [-0.2, -0.15) is 0 Å². The van der Waals surface area contributed by atoms with Crippen LogP contribution in [-0.4, -0.2) is 31.1 Å². The Morgan fingerprint density at radius 1 is 1.03 bits per heavy atom. The quantitative estimate of drug-likeness (QED) is 0.312. The molecular weight excluding hydrogens is 478 g/mol. The number of nitrogens with zero attached hydrogens (tertiary/aromatic N) is 1. The van der Waals surface area contributed by atoms with Crippen molar-refractivity contribution in [3.05, 3.63) is 104 Å². The van der Waals surface area contributed by atoms with Crippen molar-refractivity contribution in [2.45, 2.75) is 26.3 Å². The van der Waals surface area contributed by atoms with E-state index in [1.54, 1.807) is 24.1 Å². The highest BCUT2D eigenvalue weighted by molar-refractivity contribution is 6.32. The highest BCUT2D eigenvalue weighted by atomic mass is 35.5. The van der Waals surface area contributed by atoms with E-state index in [-0.39, 0.29) is 17.1 Å². The van der Waals surface area contributed by atoms with E-state index in [2.05, 4.69) is 0 Å². The van der Waals surface area contributed by atoms with Crippen LogP contribution in [0.2, 0.25) is 5.02 Å². The predicted octanol–water partition coefficient (Wildman–Crippen LogP) is 5.95. The first-order chi connectivity index (χ1) is 17.4. The maximum Gasteiger partial charge on any atom is 0.290 e. The smallest absolute Gasteiger partial charge is 0.290 e. The molecule has 0 aliphatic carbocycles. The molecule has 1 amide bonds. The zero-order valence-electron chi connectivity index (χ0n) is 20.3. The number of rotatable bonds is 7. The highest BCUT2D eigenvalue weighted by Gasteiger charge is 2.42. The first-order valence-electron chi connectivity index (χ1n) is 11.8. The van der Waals surface area contributed by atoms with Crippen LogP contribution >= 0.6 is 11.6 Å². The van der Waals surface area contributed by atoms with Crippen LogP contribution < -0.4 is 14.9 Å². The molecule has 1 aliphatic rings. The second kappa shape index (κ2) is 9.70. The van der Waals surface area contributed by atoms with Crippen molar-refractivity contribution in [3.8, 4) is 11.5 Å². The van der Waals surface area contributed by atoms with Gasteiger partial charge in [-0.1, -0.05) is 35.9 Å². The van der Waals surface area contributed by atoms with E-state index in [4.69, 9.17) is 25.5 Å². The summed E-state index contributed by atoms with van der Waals surface area (Å²) in [5.74, 6) is 1.21. The molecule has 1 atom stereocenters. The summed E-state index contributed by atoms with van der Waals surface area (Å²) >= 11 is 6.33. The average Bonchev–Trinajstić information content (AvgIpc) is 3.16. The van der Waals surface area contributed by atoms with E-state index in [0.717, 1.165) is 22.4 Å². The van der Waals surface area contributed by atoms with Gasteiger partial charge in [0.1, 0.15) is 17.1 Å². The van der Waals surface area contributed by atoms with Gasteiger partial charge in [-0.25, -0.2) is 0 Å². The summed E-state index contributed by atoms with van der Waals surface area (Å²) in [5.41, 5.74) is 3.04. The summed E-state index contributed by atoms with van der Waals surface area (Å²) in [4.78, 5) is 29.2. The molecular formula is C29H26ClNO5. The lowest BCUT2D eigenvalue weighted by molar-refractivity contribution is 0.0729. The van der Waals surface area contributed by atoms with Crippen molar-refractivity contribution in [1.29, 1.82) is 0 Å². The third kappa shape index (κ3) is 4.22. The van der Waals surface area contributed by atoms with Crippen LogP contribution in [0.4, 0.5) is 0 Å². The average molecular weight is 504 g/mol. The Morgan fingerprint density at radius 3 is 2.53 bits per heavy atom. The van der Waals surface area contributed by atoms with Gasteiger partial charge in [-0.3, -0.25) is 9.59 Å². The molecule has 7 heteroatoms. The van der Waals surface area contributed by atoms with Crippen LogP contribution in [0.15, 0.2) is 69.9 Å². The molecule has 36 heavy (non-hydrogen) atoms. The molecule has 3 aromatic carbocycles. The summed E-state index contributed by atoms with van der Waals surface area (Å²) in [6, 6.07) is 18.0. The molecule has 6 nitrogen and oxygen atoms in total. The molecule has 0 radical (unpaired) electrons. The third-order valence-electron chi connectivity index (χ3n) is 6.53. The number of amides is 1. The fraction of sp³-hybridized carbons (Fsp3) is 0.241. The first-order valence-corrected chi connectivity index (χ1v) is 12.2. The maximum atomic E-state index is 13.8. The predicted molar refractivity (Wildman–Crippen MR) is 139 cm³/mol. The number of halogens is 1. The molecule has 184 valence electrons. The number of carbonyl (C=O) groups excluding carboxylic acids is 1. The van der Waals surface area contributed by atoms with Gasteiger partial charge in [0.2, 0.25) is 5.76 Å². The molecule has 1 aromatic heterocycles. The summed E-state index contributed by atoms with van der Waals surface area (Å²) in [6.07, 6.45) is 0.601. The van der Waals surface area contributed by atoms with Gasteiger partial charge >= 0.3 is 0 Å². The van der Waals surface area contributed by atoms with E-state index < -0.39 is 6.04 Å².